The van der Waals surface area contributed by atoms with Crippen molar-refractivity contribution >= 4 is 11.4 Å². The minimum absolute atomic E-state index is 0.00519. The van der Waals surface area contributed by atoms with Gasteiger partial charge in [0.25, 0.3) is 5.69 Å². The summed E-state index contributed by atoms with van der Waals surface area (Å²) in [6.45, 7) is 7.13. The molecule has 0 aliphatic carbocycles. The highest BCUT2D eigenvalue weighted by Crippen LogP contribution is 2.25. The number of nitrogens with one attached hydrogen (secondary N) is 1. The number of hydrazine groups is 1. The Balaban J connectivity index is 2.91. The number of rotatable bonds is 6. The second-order valence-corrected chi connectivity index (χ2v) is 5.15. The van der Waals surface area contributed by atoms with Crippen molar-refractivity contribution in [1.82, 2.24) is 4.90 Å². The quantitative estimate of drug-likeness (QED) is 0.469. The smallest absolute Gasteiger partial charge is 0.293 e. The van der Waals surface area contributed by atoms with Gasteiger partial charge in [0.2, 0.25) is 0 Å². The van der Waals surface area contributed by atoms with Crippen LogP contribution in [-0.2, 0) is 6.54 Å². The first-order valence-corrected chi connectivity index (χ1v) is 6.31. The van der Waals surface area contributed by atoms with Gasteiger partial charge in [0.15, 0.2) is 0 Å². The van der Waals surface area contributed by atoms with E-state index in [2.05, 4.69) is 31.1 Å². The first kappa shape index (κ1) is 15.4. The van der Waals surface area contributed by atoms with Gasteiger partial charge < -0.3 is 5.43 Å². The average Bonchev–Trinajstić information content (AvgIpc) is 2.37. The van der Waals surface area contributed by atoms with E-state index in [9.17, 15) is 10.1 Å². The first-order chi connectivity index (χ1) is 8.86. The highest BCUT2D eigenvalue weighted by molar-refractivity contribution is 5.61. The van der Waals surface area contributed by atoms with Gasteiger partial charge in [-0.3, -0.25) is 20.9 Å². The average molecular weight is 266 g/mol. The van der Waals surface area contributed by atoms with Gasteiger partial charge >= 0.3 is 0 Å². The topological polar surface area (TPSA) is 84.4 Å². The molecule has 19 heavy (non-hydrogen) atoms. The molecule has 1 rings (SSSR count). The van der Waals surface area contributed by atoms with Gasteiger partial charge in [0, 0.05) is 18.7 Å². The lowest BCUT2D eigenvalue weighted by molar-refractivity contribution is -0.384. The van der Waals surface area contributed by atoms with Crippen LogP contribution in [0.3, 0.4) is 0 Å². The zero-order valence-corrected chi connectivity index (χ0v) is 11.9. The lowest BCUT2D eigenvalue weighted by Gasteiger charge is -2.27. The van der Waals surface area contributed by atoms with Gasteiger partial charge in [0.05, 0.1) is 4.92 Å². The molecule has 0 bridgehead atoms. The van der Waals surface area contributed by atoms with E-state index < -0.39 is 4.92 Å². The predicted molar refractivity (Wildman–Crippen MR) is 76.7 cm³/mol. The molecule has 1 atom stereocenters. The van der Waals surface area contributed by atoms with E-state index in [1.165, 1.54) is 0 Å². The van der Waals surface area contributed by atoms with E-state index in [-0.39, 0.29) is 5.69 Å². The Bertz CT molecular complexity index is 448. The van der Waals surface area contributed by atoms with Crippen molar-refractivity contribution in [2.24, 2.45) is 11.8 Å². The van der Waals surface area contributed by atoms with Gasteiger partial charge in [-0.2, -0.15) is 0 Å². The van der Waals surface area contributed by atoms with Crippen molar-refractivity contribution < 1.29 is 4.92 Å². The number of nitro groups is 1. The highest BCUT2D eigenvalue weighted by Gasteiger charge is 2.17. The largest absolute Gasteiger partial charge is 0.318 e. The summed E-state index contributed by atoms with van der Waals surface area (Å²) in [4.78, 5) is 12.7. The second-order valence-electron chi connectivity index (χ2n) is 5.15. The van der Waals surface area contributed by atoms with Gasteiger partial charge in [-0.1, -0.05) is 19.9 Å². The Morgan fingerprint density at radius 3 is 2.53 bits per heavy atom. The van der Waals surface area contributed by atoms with E-state index in [1.807, 2.05) is 13.1 Å². The van der Waals surface area contributed by atoms with Crippen LogP contribution in [0.15, 0.2) is 18.2 Å². The Morgan fingerprint density at radius 1 is 1.42 bits per heavy atom. The zero-order chi connectivity index (χ0) is 14.6. The summed E-state index contributed by atoms with van der Waals surface area (Å²) in [6.07, 6.45) is 0. The van der Waals surface area contributed by atoms with Crippen molar-refractivity contribution in [3.05, 3.63) is 33.9 Å². The summed E-state index contributed by atoms with van der Waals surface area (Å²) in [7, 11) is 2.02. The Hall–Kier alpha value is -1.66. The van der Waals surface area contributed by atoms with Crippen molar-refractivity contribution in [1.29, 1.82) is 0 Å². The molecule has 1 aromatic rings. The molecule has 0 aliphatic heterocycles. The lowest BCUT2D eigenvalue weighted by Crippen LogP contribution is -2.32. The number of hydrogen-bond donors (Lipinski definition) is 2. The number of hydrogen-bond acceptors (Lipinski definition) is 5. The van der Waals surface area contributed by atoms with Crippen LogP contribution in [0.4, 0.5) is 11.4 Å². The molecule has 1 unspecified atom stereocenters. The fourth-order valence-corrected chi connectivity index (χ4v) is 1.89. The summed E-state index contributed by atoms with van der Waals surface area (Å²) in [5.74, 6) is 5.80. The van der Waals surface area contributed by atoms with Gasteiger partial charge in [0.1, 0.15) is 5.69 Å². The fourth-order valence-electron chi connectivity index (χ4n) is 1.89. The number of anilines is 1. The van der Waals surface area contributed by atoms with E-state index >= 15 is 0 Å². The van der Waals surface area contributed by atoms with E-state index in [0.717, 1.165) is 5.56 Å². The molecule has 0 radical (unpaired) electrons. The molecule has 0 aliphatic rings. The predicted octanol–water partition coefficient (Wildman–Crippen LogP) is 2.36. The zero-order valence-electron chi connectivity index (χ0n) is 11.9. The highest BCUT2D eigenvalue weighted by atomic mass is 16.6. The third-order valence-electron chi connectivity index (χ3n) is 3.51. The molecular formula is C13H22N4O2. The van der Waals surface area contributed by atoms with Crippen LogP contribution >= 0.6 is 0 Å². The van der Waals surface area contributed by atoms with Crippen molar-refractivity contribution in [3.63, 3.8) is 0 Å². The third-order valence-corrected chi connectivity index (χ3v) is 3.51. The monoisotopic (exact) mass is 266 g/mol. The summed E-state index contributed by atoms with van der Waals surface area (Å²) in [5.41, 5.74) is 3.58. The Labute approximate surface area is 113 Å². The van der Waals surface area contributed by atoms with Crippen LogP contribution in [-0.4, -0.2) is 22.9 Å². The van der Waals surface area contributed by atoms with Gasteiger partial charge in [-0.25, -0.2) is 0 Å². The molecule has 1 aromatic carbocycles. The van der Waals surface area contributed by atoms with Gasteiger partial charge in [-0.15, -0.1) is 0 Å². The van der Waals surface area contributed by atoms with Gasteiger partial charge in [-0.05, 0) is 31.5 Å². The summed E-state index contributed by atoms with van der Waals surface area (Å²) < 4.78 is 0. The normalized spacial score (nSPS) is 12.8. The molecule has 6 heteroatoms. The number of nitrogens with two attached hydrogens (primary N) is 1. The van der Waals surface area contributed by atoms with Crippen LogP contribution in [0.2, 0.25) is 0 Å². The van der Waals surface area contributed by atoms with Crippen molar-refractivity contribution in [2.45, 2.75) is 33.4 Å². The molecule has 0 heterocycles. The SMILES string of the molecule is CC(C)C(C)N(C)Cc1ccc(NN)c([N+](=O)[O-])c1. The molecule has 0 fully saturated rings. The van der Waals surface area contributed by atoms with Crippen LogP contribution in [0, 0.1) is 16.0 Å². The standard InChI is InChI=1S/C13H22N4O2/c1-9(2)10(3)16(4)8-11-5-6-12(15-14)13(7-11)17(18)19/h5-7,9-10,15H,8,14H2,1-4H3. The Kier molecular flexibility index (Phi) is 5.26. The molecule has 0 amide bonds. The molecule has 6 nitrogen and oxygen atoms in total. The van der Waals surface area contributed by atoms with Crippen LogP contribution < -0.4 is 11.3 Å². The third kappa shape index (κ3) is 3.90. The fraction of sp³-hybridized carbons (Fsp3) is 0.538. The van der Waals surface area contributed by atoms with Crippen molar-refractivity contribution in [2.75, 3.05) is 12.5 Å². The van der Waals surface area contributed by atoms with Crippen LogP contribution in [0.5, 0.6) is 0 Å². The molecule has 0 saturated carbocycles. The number of benzene rings is 1. The molecule has 0 spiro atoms. The minimum atomic E-state index is -0.426. The van der Waals surface area contributed by atoms with Crippen LogP contribution in [0.25, 0.3) is 0 Å². The summed E-state index contributed by atoms with van der Waals surface area (Å²) in [5, 5.41) is 11.0. The molecule has 0 aromatic heterocycles. The van der Waals surface area contributed by atoms with Crippen molar-refractivity contribution in [3.8, 4) is 0 Å². The summed E-state index contributed by atoms with van der Waals surface area (Å²) in [6, 6.07) is 5.47. The number of nitrogens with zero attached hydrogens (tertiary/aromatic N) is 2. The number of nitro benzene ring substituents is 1. The molecule has 106 valence electrons. The van der Waals surface area contributed by atoms with E-state index in [4.69, 9.17) is 5.84 Å². The van der Waals surface area contributed by atoms with E-state index in [0.29, 0.717) is 24.2 Å². The maximum Gasteiger partial charge on any atom is 0.293 e. The second kappa shape index (κ2) is 6.49. The lowest BCUT2D eigenvalue weighted by atomic mass is 10.0. The minimum Gasteiger partial charge on any atom is -0.318 e. The summed E-state index contributed by atoms with van der Waals surface area (Å²) >= 11 is 0. The van der Waals surface area contributed by atoms with E-state index in [1.54, 1.807) is 12.1 Å². The maximum atomic E-state index is 11.0. The molecular weight excluding hydrogens is 244 g/mol. The maximum absolute atomic E-state index is 11.0. The van der Waals surface area contributed by atoms with Crippen LogP contribution in [0.1, 0.15) is 26.3 Å². The number of nitrogen functional groups attached to an aromatic ring is 1. The Morgan fingerprint density at radius 2 is 2.05 bits per heavy atom. The molecule has 0 saturated heterocycles. The first-order valence-electron chi connectivity index (χ1n) is 6.31. The molecule has 3 N–H and O–H groups in total.